The fourth-order valence-corrected chi connectivity index (χ4v) is 1.94. The van der Waals surface area contributed by atoms with Gasteiger partial charge in [0.1, 0.15) is 12.1 Å². The van der Waals surface area contributed by atoms with Crippen LogP contribution in [-0.4, -0.2) is 35.3 Å². The maximum absolute atomic E-state index is 11.8. The summed E-state index contributed by atoms with van der Waals surface area (Å²) in [7, 11) is 1.64. The van der Waals surface area contributed by atoms with Crippen LogP contribution < -0.4 is 10.6 Å². The molecule has 2 amide bonds. The van der Waals surface area contributed by atoms with Gasteiger partial charge < -0.3 is 10.1 Å². The van der Waals surface area contributed by atoms with E-state index in [0.29, 0.717) is 12.4 Å². The number of nitrogens with one attached hydrogen (secondary N) is 2. The minimum absolute atomic E-state index is 0.203. The summed E-state index contributed by atoms with van der Waals surface area (Å²) in [6.07, 6.45) is 6.01. The van der Waals surface area contributed by atoms with E-state index < -0.39 is 0 Å². The predicted molar refractivity (Wildman–Crippen MR) is 62.6 cm³/mol. The molecule has 2 N–H and O–H groups in total. The van der Waals surface area contributed by atoms with E-state index in [0.717, 1.165) is 19.3 Å². The van der Waals surface area contributed by atoms with E-state index in [1.54, 1.807) is 19.4 Å². The van der Waals surface area contributed by atoms with Crippen molar-refractivity contribution in [2.45, 2.75) is 24.8 Å². The van der Waals surface area contributed by atoms with Crippen molar-refractivity contribution in [3.8, 4) is 0 Å². The molecular weight excluding hydrogens is 220 g/mol. The standard InChI is InChI=1S/C11H16N4O2/c1-17-7-11(4-2-5-11)15-10(16)14-9-3-6-12-8-13-9/h3,6,8H,2,4-5,7H2,1H3,(H2,12,13,14,15,16). The van der Waals surface area contributed by atoms with Crippen molar-refractivity contribution in [2.75, 3.05) is 19.0 Å². The molecule has 0 unspecified atom stereocenters. The Morgan fingerprint density at radius 2 is 2.41 bits per heavy atom. The number of carbonyl (C=O) groups is 1. The molecule has 0 aliphatic heterocycles. The van der Waals surface area contributed by atoms with Crippen LogP contribution in [0.3, 0.4) is 0 Å². The summed E-state index contributed by atoms with van der Waals surface area (Å²) in [6, 6.07) is 1.39. The van der Waals surface area contributed by atoms with Crippen LogP contribution in [0, 0.1) is 0 Å². The summed E-state index contributed by atoms with van der Waals surface area (Å²) in [5.74, 6) is 0.490. The van der Waals surface area contributed by atoms with Crippen LogP contribution in [-0.2, 0) is 4.74 Å². The Hall–Kier alpha value is -1.69. The summed E-state index contributed by atoms with van der Waals surface area (Å²) in [5.41, 5.74) is -0.203. The first-order valence-corrected chi connectivity index (χ1v) is 5.58. The quantitative estimate of drug-likeness (QED) is 0.822. The summed E-state index contributed by atoms with van der Waals surface area (Å²) >= 11 is 0. The topological polar surface area (TPSA) is 76.1 Å². The minimum atomic E-state index is -0.250. The van der Waals surface area contributed by atoms with Crippen LogP contribution in [0.4, 0.5) is 10.6 Å². The van der Waals surface area contributed by atoms with Crippen LogP contribution in [0.5, 0.6) is 0 Å². The zero-order valence-corrected chi connectivity index (χ0v) is 9.77. The molecule has 1 fully saturated rings. The lowest BCUT2D eigenvalue weighted by molar-refractivity contribution is 0.0648. The summed E-state index contributed by atoms with van der Waals surface area (Å²) in [6.45, 7) is 0.546. The van der Waals surface area contributed by atoms with Gasteiger partial charge in [0.25, 0.3) is 0 Å². The highest BCUT2D eigenvalue weighted by Crippen LogP contribution is 2.31. The molecule has 0 radical (unpaired) electrons. The van der Waals surface area contributed by atoms with Crippen molar-refractivity contribution in [1.29, 1.82) is 0 Å². The Kier molecular flexibility index (Phi) is 3.53. The maximum atomic E-state index is 11.8. The number of hydrogen-bond donors (Lipinski definition) is 2. The molecule has 1 aromatic heterocycles. The first-order valence-electron chi connectivity index (χ1n) is 5.58. The van der Waals surface area contributed by atoms with Gasteiger partial charge in [-0.2, -0.15) is 0 Å². The van der Waals surface area contributed by atoms with E-state index in [1.807, 2.05) is 0 Å². The monoisotopic (exact) mass is 236 g/mol. The third-order valence-corrected chi connectivity index (χ3v) is 2.93. The largest absolute Gasteiger partial charge is 0.382 e. The van der Waals surface area contributed by atoms with Gasteiger partial charge in [-0.15, -0.1) is 0 Å². The molecule has 17 heavy (non-hydrogen) atoms. The molecule has 0 aromatic carbocycles. The van der Waals surface area contributed by atoms with E-state index in [9.17, 15) is 4.79 Å². The molecule has 2 rings (SSSR count). The predicted octanol–water partition coefficient (Wildman–Crippen LogP) is 1.17. The second-order valence-corrected chi connectivity index (χ2v) is 4.24. The normalized spacial score (nSPS) is 17.0. The third kappa shape index (κ3) is 2.91. The molecule has 1 heterocycles. The number of urea groups is 1. The maximum Gasteiger partial charge on any atom is 0.320 e. The molecule has 1 aromatic rings. The van der Waals surface area contributed by atoms with Crippen molar-refractivity contribution in [2.24, 2.45) is 0 Å². The Morgan fingerprint density at radius 3 is 2.94 bits per heavy atom. The second-order valence-electron chi connectivity index (χ2n) is 4.24. The van der Waals surface area contributed by atoms with E-state index in [2.05, 4.69) is 20.6 Å². The molecule has 0 saturated heterocycles. The van der Waals surface area contributed by atoms with E-state index in [1.165, 1.54) is 6.33 Å². The molecule has 1 saturated carbocycles. The van der Waals surface area contributed by atoms with Crippen LogP contribution in [0.25, 0.3) is 0 Å². The lowest BCUT2D eigenvalue weighted by atomic mass is 9.77. The summed E-state index contributed by atoms with van der Waals surface area (Å²) < 4.78 is 5.13. The van der Waals surface area contributed by atoms with Gasteiger partial charge in [0.15, 0.2) is 0 Å². The fraction of sp³-hybridized carbons (Fsp3) is 0.545. The van der Waals surface area contributed by atoms with Crippen LogP contribution in [0.2, 0.25) is 0 Å². The Balaban J connectivity index is 1.88. The number of methoxy groups -OCH3 is 1. The first-order chi connectivity index (χ1) is 8.24. The molecule has 1 aliphatic carbocycles. The van der Waals surface area contributed by atoms with Gasteiger partial charge in [-0.05, 0) is 25.3 Å². The van der Waals surface area contributed by atoms with Crippen molar-refractivity contribution in [3.05, 3.63) is 18.6 Å². The van der Waals surface area contributed by atoms with Crippen molar-refractivity contribution < 1.29 is 9.53 Å². The average Bonchev–Trinajstić information content (AvgIpc) is 2.27. The van der Waals surface area contributed by atoms with Gasteiger partial charge in [0, 0.05) is 13.3 Å². The average molecular weight is 236 g/mol. The smallest absolute Gasteiger partial charge is 0.320 e. The zero-order valence-electron chi connectivity index (χ0n) is 9.77. The number of amides is 2. The van der Waals surface area contributed by atoms with Crippen LogP contribution >= 0.6 is 0 Å². The molecule has 6 heteroatoms. The summed E-state index contributed by atoms with van der Waals surface area (Å²) in [5, 5.41) is 5.61. The Bertz CT molecular complexity index is 378. The van der Waals surface area contributed by atoms with E-state index >= 15 is 0 Å². The van der Waals surface area contributed by atoms with E-state index in [4.69, 9.17) is 4.74 Å². The fourth-order valence-electron chi connectivity index (χ4n) is 1.94. The van der Waals surface area contributed by atoms with Crippen molar-refractivity contribution in [3.63, 3.8) is 0 Å². The van der Waals surface area contributed by atoms with Crippen molar-refractivity contribution >= 4 is 11.8 Å². The summed E-state index contributed by atoms with van der Waals surface area (Å²) in [4.78, 5) is 19.5. The van der Waals surface area contributed by atoms with E-state index in [-0.39, 0.29) is 11.6 Å². The zero-order chi connectivity index (χ0) is 12.1. The molecule has 6 nitrogen and oxygen atoms in total. The lowest BCUT2D eigenvalue weighted by Crippen LogP contribution is -2.57. The Morgan fingerprint density at radius 1 is 1.59 bits per heavy atom. The number of ether oxygens (including phenoxy) is 1. The molecule has 0 bridgehead atoms. The molecule has 0 spiro atoms. The molecule has 92 valence electrons. The molecular formula is C11H16N4O2. The van der Waals surface area contributed by atoms with Gasteiger partial charge in [-0.1, -0.05) is 0 Å². The van der Waals surface area contributed by atoms with Crippen molar-refractivity contribution in [1.82, 2.24) is 15.3 Å². The number of rotatable bonds is 4. The number of anilines is 1. The molecule has 0 atom stereocenters. The highest BCUT2D eigenvalue weighted by Gasteiger charge is 2.38. The molecule has 1 aliphatic rings. The number of hydrogen-bond acceptors (Lipinski definition) is 4. The second kappa shape index (κ2) is 5.09. The Labute approximate surface area is 99.8 Å². The van der Waals surface area contributed by atoms with Gasteiger partial charge in [0.05, 0.1) is 12.1 Å². The van der Waals surface area contributed by atoms with Crippen LogP contribution in [0.15, 0.2) is 18.6 Å². The van der Waals surface area contributed by atoms with Crippen LogP contribution in [0.1, 0.15) is 19.3 Å². The van der Waals surface area contributed by atoms with Gasteiger partial charge in [0.2, 0.25) is 0 Å². The van der Waals surface area contributed by atoms with Gasteiger partial charge in [-0.3, -0.25) is 5.32 Å². The lowest BCUT2D eigenvalue weighted by Gasteiger charge is -2.41. The highest BCUT2D eigenvalue weighted by atomic mass is 16.5. The number of aromatic nitrogens is 2. The number of nitrogens with zero attached hydrogens (tertiary/aromatic N) is 2. The first kappa shape index (κ1) is 11.8. The SMILES string of the molecule is COCC1(NC(=O)Nc2ccncn2)CCC1. The minimum Gasteiger partial charge on any atom is -0.382 e. The highest BCUT2D eigenvalue weighted by molar-refractivity contribution is 5.88. The van der Waals surface area contributed by atoms with Gasteiger partial charge in [-0.25, -0.2) is 14.8 Å². The number of carbonyl (C=O) groups excluding carboxylic acids is 1. The third-order valence-electron chi connectivity index (χ3n) is 2.93. The van der Waals surface area contributed by atoms with Gasteiger partial charge >= 0.3 is 6.03 Å².